The Morgan fingerprint density at radius 2 is 1.97 bits per heavy atom. The smallest absolute Gasteiger partial charge is 0.252 e. The van der Waals surface area contributed by atoms with Crippen LogP contribution in [-0.4, -0.2) is 61.0 Å². The van der Waals surface area contributed by atoms with Gasteiger partial charge in [0.05, 0.1) is 47.0 Å². The number of ether oxygens (including phenoxy) is 1. The lowest BCUT2D eigenvalue weighted by Crippen LogP contribution is -2.58. The number of rotatable bonds is 5. The van der Waals surface area contributed by atoms with Gasteiger partial charge in [-0.05, 0) is 50.8 Å². The van der Waals surface area contributed by atoms with Crippen molar-refractivity contribution in [2.75, 3.05) is 24.6 Å². The molecule has 4 atom stereocenters. The molecule has 10 nitrogen and oxygen atoms in total. The molecule has 10 heteroatoms. The second-order valence-electron chi connectivity index (χ2n) is 10.8. The summed E-state index contributed by atoms with van der Waals surface area (Å²) < 4.78 is 9.50. The summed E-state index contributed by atoms with van der Waals surface area (Å²) in [7, 11) is 1.78. The van der Waals surface area contributed by atoms with Gasteiger partial charge in [0.15, 0.2) is 0 Å². The second kappa shape index (κ2) is 10.4. The van der Waals surface area contributed by atoms with Crippen LogP contribution in [-0.2, 0) is 11.8 Å². The fraction of sp³-hybridized carbons (Fsp3) is 0.483. The van der Waals surface area contributed by atoms with Crippen molar-refractivity contribution in [3.8, 4) is 6.07 Å². The van der Waals surface area contributed by atoms with Crippen LogP contribution in [0.2, 0.25) is 0 Å². The maximum Gasteiger partial charge on any atom is 0.252 e. The van der Waals surface area contributed by atoms with E-state index in [1.807, 2.05) is 16.9 Å². The third-order valence-electron chi connectivity index (χ3n) is 8.36. The second-order valence-corrected chi connectivity index (χ2v) is 10.8. The van der Waals surface area contributed by atoms with Crippen LogP contribution in [0.4, 0.5) is 5.69 Å². The van der Waals surface area contributed by atoms with E-state index in [-0.39, 0.29) is 29.9 Å². The number of piperazine rings is 1. The van der Waals surface area contributed by atoms with Crippen LogP contribution in [0.25, 0.3) is 22.1 Å². The SMILES string of the molecule is CC(c1ccc2nccnc2c1)N1C[C@H](CC#N)N(c2cc(=O)n(C)c3cn(C4CCCCO4)nc23)C[C@H]1C. The van der Waals surface area contributed by atoms with Crippen molar-refractivity contribution in [3.05, 3.63) is 58.8 Å². The van der Waals surface area contributed by atoms with Gasteiger partial charge in [-0.2, -0.15) is 10.4 Å². The molecule has 2 unspecified atom stereocenters. The number of aromatic nitrogens is 5. The summed E-state index contributed by atoms with van der Waals surface area (Å²) in [4.78, 5) is 26.6. The van der Waals surface area contributed by atoms with Gasteiger partial charge in [-0.3, -0.25) is 19.7 Å². The highest BCUT2D eigenvalue weighted by atomic mass is 16.5. The molecule has 3 aromatic heterocycles. The summed E-state index contributed by atoms with van der Waals surface area (Å²) in [5.41, 5.74) is 5.18. The molecule has 2 aliphatic rings. The maximum absolute atomic E-state index is 13.1. The van der Waals surface area contributed by atoms with Gasteiger partial charge >= 0.3 is 0 Å². The Balaban J connectivity index is 1.34. The number of anilines is 1. The highest BCUT2D eigenvalue weighted by Gasteiger charge is 2.36. The van der Waals surface area contributed by atoms with E-state index in [4.69, 9.17) is 9.84 Å². The number of hydrogen-bond acceptors (Lipinski definition) is 8. The molecule has 2 fully saturated rings. The van der Waals surface area contributed by atoms with E-state index in [0.29, 0.717) is 19.5 Å². The minimum Gasteiger partial charge on any atom is -0.363 e. The Hall–Kier alpha value is -3.81. The van der Waals surface area contributed by atoms with E-state index in [9.17, 15) is 10.1 Å². The van der Waals surface area contributed by atoms with Crippen LogP contribution in [0.3, 0.4) is 0 Å². The molecule has 39 heavy (non-hydrogen) atoms. The highest BCUT2D eigenvalue weighted by Crippen LogP contribution is 2.34. The Morgan fingerprint density at radius 3 is 2.74 bits per heavy atom. The summed E-state index contributed by atoms with van der Waals surface area (Å²) in [5.74, 6) is 0. The standard InChI is InChI=1S/C29H34N8O2/c1-19-16-36(25-15-27(38)34(3)26-18-37(33-29(25)26)28-6-4-5-13-39-28)22(9-10-30)17-35(19)20(2)21-7-8-23-24(14-21)32-12-11-31-23/h7-8,11-12,14-15,18-20,22,28H,4-6,9,13,16-17H2,1-3H3/t19-,20?,22+,28?/m1/s1. The summed E-state index contributed by atoms with van der Waals surface area (Å²) in [5, 5.41) is 14.7. The van der Waals surface area contributed by atoms with Crippen LogP contribution in [0.15, 0.2) is 47.7 Å². The predicted molar refractivity (Wildman–Crippen MR) is 149 cm³/mol. The van der Waals surface area contributed by atoms with Gasteiger partial charge in [-0.15, -0.1) is 0 Å². The number of nitriles is 1. The van der Waals surface area contributed by atoms with E-state index in [2.05, 4.69) is 51.8 Å². The lowest BCUT2D eigenvalue weighted by atomic mass is 9.98. The monoisotopic (exact) mass is 526 g/mol. The topological polar surface area (TPSA) is 105 Å². The first-order chi connectivity index (χ1) is 18.9. The number of aryl methyl sites for hydroxylation is 1. The normalized spacial score (nSPS) is 23.2. The van der Waals surface area contributed by atoms with Crippen LogP contribution in [0, 0.1) is 11.3 Å². The fourth-order valence-corrected chi connectivity index (χ4v) is 6.12. The van der Waals surface area contributed by atoms with Crippen molar-refractivity contribution in [1.82, 2.24) is 29.2 Å². The highest BCUT2D eigenvalue weighted by molar-refractivity contribution is 5.88. The molecule has 5 heterocycles. The average Bonchev–Trinajstić information content (AvgIpc) is 3.42. The third-order valence-corrected chi connectivity index (χ3v) is 8.36. The van der Waals surface area contributed by atoms with E-state index in [1.165, 1.54) is 5.56 Å². The molecule has 202 valence electrons. The van der Waals surface area contributed by atoms with Gasteiger partial charge in [0.25, 0.3) is 5.56 Å². The molecule has 6 rings (SSSR count). The minimum atomic E-state index is -0.118. The summed E-state index contributed by atoms with van der Waals surface area (Å²) in [6, 6.07) is 10.5. The molecule has 0 amide bonds. The first-order valence-corrected chi connectivity index (χ1v) is 13.7. The molecule has 2 saturated heterocycles. The van der Waals surface area contributed by atoms with Crippen molar-refractivity contribution < 1.29 is 4.74 Å². The number of benzene rings is 1. The summed E-state index contributed by atoms with van der Waals surface area (Å²) in [6.07, 6.45) is 8.64. The zero-order valence-electron chi connectivity index (χ0n) is 22.7. The van der Waals surface area contributed by atoms with Gasteiger partial charge in [0.2, 0.25) is 0 Å². The molecular formula is C29H34N8O2. The average molecular weight is 527 g/mol. The van der Waals surface area contributed by atoms with Crippen molar-refractivity contribution in [3.63, 3.8) is 0 Å². The van der Waals surface area contributed by atoms with Gasteiger partial charge in [-0.1, -0.05) is 6.07 Å². The molecule has 0 saturated carbocycles. The van der Waals surface area contributed by atoms with Crippen molar-refractivity contribution in [2.45, 2.75) is 63.9 Å². The number of hydrogen-bond donors (Lipinski definition) is 0. The Labute approximate surface area is 227 Å². The molecule has 0 spiro atoms. The third kappa shape index (κ3) is 4.66. The van der Waals surface area contributed by atoms with Gasteiger partial charge in [0.1, 0.15) is 11.7 Å². The Morgan fingerprint density at radius 1 is 1.15 bits per heavy atom. The van der Waals surface area contributed by atoms with Gasteiger partial charge in [0, 0.05) is 57.3 Å². The first-order valence-electron chi connectivity index (χ1n) is 13.7. The zero-order chi connectivity index (χ0) is 27.1. The molecular weight excluding hydrogens is 492 g/mol. The van der Waals surface area contributed by atoms with Crippen LogP contribution < -0.4 is 10.5 Å². The van der Waals surface area contributed by atoms with Crippen molar-refractivity contribution in [1.29, 1.82) is 5.26 Å². The Kier molecular flexibility index (Phi) is 6.79. The van der Waals surface area contributed by atoms with Gasteiger partial charge < -0.3 is 14.2 Å². The van der Waals surface area contributed by atoms with Gasteiger partial charge in [-0.25, -0.2) is 4.68 Å². The van der Waals surface area contributed by atoms with E-state index >= 15 is 0 Å². The molecule has 4 aromatic rings. The molecule has 1 aromatic carbocycles. The van der Waals surface area contributed by atoms with Crippen LogP contribution in [0.1, 0.15) is 57.4 Å². The lowest BCUT2D eigenvalue weighted by Gasteiger charge is -2.48. The van der Waals surface area contributed by atoms with Crippen molar-refractivity contribution >= 4 is 27.8 Å². The predicted octanol–water partition coefficient (Wildman–Crippen LogP) is 3.93. The van der Waals surface area contributed by atoms with E-state index in [1.54, 1.807) is 30.1 Å². The molecule has 2 aliphatic heterocycles. The molecule has 0 N–H and O–H groups in total. The number of fused-ring (bicyclic) bond motifs is 2. The summed E-state index contributed by atoms with van der Waals surface area (Å²) in [6.45, 7) is 6.50. The number of nitrogens with zero attached hydrogens (tertiary/aromatic N) is 8. The number of pyridine rings is 1. The fourth-order valence-electron chi connectivity index (χ4n) is 6.12. The minimum absolute atomic E-state index is 0.0831. The first kappa shape index (κ1) is 25.5. The molecule has 0 bridgehead atoms. The zero-order valence-corrected chi connectivity index (χ0v) is 22.7. The molecule has 0 radical (unpaired) electrons. The lowest BCUT2D eigenvalue weighted by molar-refractivity contribution is -0.0390. The van der Waals surface area contributed by atoms with Crippen LogP contribution >= 0.6 is 0 Å². The summed E-state index contributed by atoms with van der Waals surface area (Å²) >= 11 is 0. The maximum atomic E-state index is 13.1. The van der Waals surface area contributed by atoms with E-state index < -0.39 is 0 Å². The largest absolute Gasteiger partial charge is 0.363 e. The van der Waals surface area contributed by atoms with Crippen LogP contribution in [0.5, 0.6) is 0 Å². The molecule has 0 aliphatic carbocycles. The van der Waals surface area contributed by atoms with Crippen molar-refractivity contribution in [2.24, 2.45) is 7.05 Å². The Bertz CT molecular complexity index is 1600. The van der Waals surface area contributed by atoms with E-state index in [0.717, 1.165) is 53.6 Å². The quantitative estimate of drug-likeness (QED) is 0.385.